The van der Waals surface area contributed by atoms with Crippen molar-refractivity contribution in [1.29, 1.82) is 0 Å². The van der Waals surface area contributed by atoms with Crippen molar-refractivity contribution in [3.05, 3.63) is 41.5 Å². The van der Waals surface area contributed by atoms with Crippen molar-refractivity contribution in [1.82, 2.24) is 24.8 Å². The van der Waals surface area contributed by atoms with Gasteiger partial charge in [0.2, 0.25) is 0 Å². The molecule has 0 saturated carbocycles. The lowest BCUT2D eigenvalue weighted by atomic mass is 10.1. The van der Waals surface area contributed by atoms with Crippen molar-refractivity contribution < 1.29 is 4.79 Å². The number of nitrogens with zero attached hydrogens (tertiary/aromatic N) is 4. The van der Waals surface area contributed by atoms with Gasteiger partial charge < -0.3 is 9.88 Å². The summed E-state index contributed by atoms with van der Waals surface area (Å²) in [5.41, 5.74) is 2.19. The topological polar surface area (TPSA) is 72.7 Å². The Kier molecular flexibility index (Phi) is 3.22. The molecule has 3 rings (SSSR count). The van der Waals surface area contributed by atoms with E-state index in [-0.39, 0.29) is 11.9 Å². The minimum atomic E-state index is -0.164. The van der Waals surface area contributed by atoms with E-state index in [0.29, 0.717) is 5.69 Å². The fourth-order valence-electron chi connectivity index (χ4n) is 2.47. The molecule has 2 aromatic heterocycles. The second-order valence-corrected chi connectivity index (χ2v) is 5.20. The smallest absolute Gasteiger partial charge is 0.271 e. The summed E-state index contributed by atoms with van der Waals surface area (Å²) in [6.45, 7) is 4.60. The maximum absolute atomic E-state index is 12.1. The first-order valence-corrected chi connectivity index (χ1v) is 6.74. The highest BCUT2D eigenvalue weighted by Crippen LogP contribution is 2.15. The molecule has 6 heteroatoms. The van der Waals surface area contributed by atoms with Crippen molar-refractivity contribution in [3.8, 4) is 0 Å². The number of aryl methyl sites for hydroxylation is 3. The predicted molar refractivity (Wildman–Crippen MR) is 73.3 cm³/mol. The van der Waals surface area contributed by atoms with E-state index in [1.807, 2.05) is 20.0 Å². The Bertz CT molecular complexity index is 632. The van der Waals surface area contributed by atoms with Crippen molar-refractivity contribution in [2.45, 2.75) is 39.3 Å². The van der Waals surface area contributed by atoms with Crippen LogP contribution in [0.25, 0.3) is 0 Å². The van der Waals surface area contributed by atoms with E-state index >= 15 is 0 Å². The third kappa shape index (κ3) is 2.54. The Balaban J connectivity index is 1.67. The average Bonchev–Trinajstić information content (AvgIpc) is 2.78. The van der Waals surface area contributed by atoms with Crippen molar-refractivity contribution in [3.63, 3.8) is 0 Å². The molecule has 1 aliphatic heterocycles. The highest BCUT2D eigenvalue weighted by Gasteiger charge is 2.22. The number of imidazole rings is 1. The molecule has 1 aliphatic rings. The first kappa shape index (κ1) is 12.8. The SMILES string of the molecule is Cc1cnc(C(=O)NC2CCc3nc(C)cn3C2)cn1. The van der Waals surface area contributed by atoms with Crippen LogP contribution in [-0.4, -0.2) is 31.5 Å². The number of amides is 1. The molecular weight excluding hydrogens is 254 g/mol. The van der Waals surface area contributed by atoms with Crippen LogP contribution in [0, 0.1) is 13.8 Å². The van der Waals surface area contributed by atoms with Crippen LogP contribution < -0.4 is 5.32 Å². The van der Waals surface area contributed by atoms with E-state index in [0.717, 1.165) is 36.6 Å². The molecule has 0 aliphatic carbocycles. The van der Waals surface area contributed by atoms with E-state index in [9.17, 15) is 4.79 Å². The maximum atomic E-state index is 12.1. The summed E-state index contributed by atoms with van der Waals surface area (Å²) in [5, 5.41) is 3.01. The van der Waals surface area contributed by atoms with Gasteiger partial charge in [-0.15, -0.1) is 0 Å². The normalized spacial score (nSPS) is 17.6. The molecular formula is C14H17N5O. The van der Waals surface area contributed by atoms with Crippen molar-refractivity contribution in [2.24, 2.45) is 0 Å². The van der Waals surface area contributed by atoms with Gasteiger partial charge in [-0.2, -0.15) is 0 Å². The summed E-state index contributed by atoms with van der Waals surface area (Å²) in [4.78, 5) is 24.8. The van der Waals surface area contributed by atoms with Gasteiger partial charge in [0.25, 0.3) is 5.91 Å². The molecule has 20 heavy (non-hydrogen) atoms. The molecule has 0 fully saturated rings. The van der Waals surface area contributed by atoms with E-state index in [2.05, 4.69) is 24.8 Å². The summed E-state index contributed by atoms with van der Waals surface area (Å²) >= 11 is 0. The second-order valence-electron chi connectivity index (χ2n) is 5.20. The molecule has 0 aromatic carbocycles. The molecule has 0 saturated heterocycles. The summed E-state index contributed by atoms with van der Waals surface area (Å²) in [7, 11) is 0. The van der Waals surface area contributed by atoms with Gasteiger partial charge in [-0.05, 0) is 20.3 Å². The van der Waals surface area contributed by atoms with Gasteiger partial charge >= 0.3 is 0 Å². The number of carbonyl (C=O) groups excluding carboxylic acids is 1. The Morgan fingerprint density at radius 1 is 1.30 bits per heavy atom. The van der Waals surface area contributed by atoms with Crippen LogP contribution >= 0.6 is 0 Å². The molecule has 2 aromatic rings. The van der Waals surface area contributed by atoms with Crippen LogP contribution in [0.5, 0.6) is 0 Å². The summed E-state index contributed by atoms with van der Waals surface area (Å²) in [5.74, 6) is 0.936. The van der Waals surface area contributed by atoms with Crippen molar-refractivity contribution >= 4 is 5.91 Å². The Labute approximate surface area is 117 Å². The number of fused-ring (bicyclic) bond motifs is 1. The van der Waals surface area contributed by atoms with Gasteiger partial charge in [-0.3, -0.25) is 9.78 Å². The zero-order valence-electron chi connectivity index (χ0n) is 11.6. The molecule has 6 nitrogen and oxygen atoms in total. The summed E-state index contributed by atoms with van der Waals surface area (Å²) in [6, 6.07) is 0.117. The quantitative estimate of drug-likeness (QED) is 0.885. The van der Waals surface area contributed by atoms with Gasteiger partial charge in [-0.25, -0.2) is 9.97 Å². The fraction of sp³-hybridized carbons (Fsp3) is 0.429. The summed E-state index contributed by atoms with van der Waals surface area (Å²) in [6.07, 6.45) is 6.94. The lowest BCUT2D eigenvalue weighted by molar-refractivity contribution is 0.0922. The lowest BCUT2D eigenvalue weighted by Gasteiger charge is -2.24. The largest absolute Gasteiger partial charge is 0.346 e. The molecule has 3 heterocycles. The van der Waals surface area contributed by atoms with Crippen LogP contribution in [0.15, 0.2) is 18.6 Å². The molecule has 0 radical (unpaired) electrons. The minimum Gasteiger partial charge on any atom is -0.346 e. The first-order valence-electron chi connectivity index (χ1n) is 6.74. The molecule has 1 N–H and O–H groups in total. The highest BCUT2D eigenvalue weighted by atomic mass is 16.1. The molecule has 0 spiro atoms. The predicted octanol–water partition coefficient (Wildman–Crippen LogP) is 1.03. The lowest BCUT2D eigenvalue weighted by Crippen LogP contribution is -2.41. The second kappa shape index (κ2) is 5.03. The van der Waals surface area contributed by atoms with Gasteiger partial charge in [0.15, 0.2) is 0 Å². The van der Waals surface area contributed by atoms with E-state index < -0.39 is 0 Å². The third-order valence-corrected chi connectivity index (χ3v) is 3.46. The number of carbonyl (C=O) groups is 1. The highest BCUT2D eigenvalue weighted by molar-refractivity contribution is 5.92. The van der Waals surface area contributed by atoms with Gasteiger partial charge in [0, 0.05) is 31.4 Å². The number of nitrogens with one attached hydrogen (secondary N) is 1. The monoisotopic (exact) mass is 271 g/mol. The van der Waals surface area contributed by atoms with Crippen LogP contribution in [-0.2, 0) is 13.0 Å². The number of hydrogen-bond donors (Lipinski definition) is 1. The van der Waals surface area contributed by atoms with Crippen LogP contribution in [0.4, 0.5) is 0 Å². The minimum absolute atomic E-state index is 0.117. The molecule has 1 atom stereocenters. The molecule has 1 amide bonds. The summed E-state index contributed by atoms with van der Waals surface area (Å²) < 4.78 is 2.12. The third-order valence-electron chi connectivity index (χ3n) is 3.46. The van der Waals surface area contributed by atoms with Crippen molar-refractivity contribution in [2.75, 3.05) is 0 Å². The fourth-order valence-corrected chi connectivity index (χ4v) is 2.47. The van der Waals surface area contributed by atoms with Gasteiger partial charge in [0.1, 0.15) is 11.5 Å². The number of hydrogen-bond acceptors (Lipinski definition) is 4. The van der Waals surface area contributed by atoms with E-state index in [1.165, 1.54) is 6.20 Å². The van der Waals surface area contributed by atoms with Gasteiger partial charge in [-0.1, -0.05) is 0 Å². The molecule has 104 valence electrons. The van der Waals surface area contributed by atoms with E-state index in [1.54, 1.807) is 6.20 Å². The maximum Gasteiger partial charge on any atom is 0.271 e. The van der Waals surface area contributed by atoms with E-state index in [4.69, 9.17) is 0 Å². The average molecular weight is 271 g/mol. The van der Waals surface area contributed by atoms with Crippen LogP contribution in [0.1, 0.15) is 34.1 Å². The zero-order valence-corrected chi connectivity index (χ0v) is 11.6. The first-order chi connectivity index (χ1) is 9.61. The molecule has 0 bridgehead atoms. The van der Waals surface area contributed by atoms with Crippen LogP contribution in [0.2, 0.25) is 0 Å². The number of rotatable bonds is 2. The molecule has 1 unspecified atom stereocenters. The van der Waals surface area contributed by atoms with Gasteiger partial charge in [0.05, 0.1) is 17.6 Å². The van der Waals surface area contributed by atoms with Crippen LogP contribution in [0.3, 0.4) is 0 Å². The Morgan fingerprint density at radius 2 is 2.15 bits per heavy atom. The standard InChI is InChI=1S/C14H17N5O/c1-9-5-16-12(6-15-9)14(20)18-11-3-4-13-17-10(2)7-19(13)8-11/h5-7,11H,3-4,8H2,1-2H3,(H,18,20). The Morgan fingerprint density at radius 3 is 2.90 bits per heavy atom. The Hall–Kier alpha value is -2.24. The zero-order chi connectivity index (χ0) is 14.1. The number of aromatic nitrogens is 4.